The molecule has 1 aromatic heterocycles. The van der Waals surface area contributed by atoms with Gasteiger partial charge in [-0.25, -0.2) is 0 Å². The van der Waals surface area contributed by atoms with E-state index in [0.717, 1.165) is 18.9 Å². The summed E-state index contributed by atoms with van der Waals surface area (Å²) in [5, 5.41) is 3.67. The van der Waals surface area contributed by atoms with Crippen LogP contribution in [-0.4, -0.2) is 17.6 Å². The number of hydrogen-bond donors (Lipinski definition) is 1. The highest BCUT2D eigenvalue weighted by Gasteiger charge is 2.19. The first-order valence-corrected chi connectivity index (χ1v) is 6.98. The van der Waals surface area contributed by atoms with Crippen molar-refractivity contribution < 1.29 is 0 Å². The second-order valence-electron chi connectivity index (χ2n) is 5.25. The molecule has 0 amide bonds. The van der Waals surface area contributed by atoms with Gasteiger partial charge in [-0.1, -0.05) is 25.3 Å². The molecule has 2 rings (SSSR count). The molecule has 1 atom stereocenters. The molecule has 1 aliphatic rings. The molecule has 1 aliphatic carbocycles. The Labute approximate surface area is 105 Å². The number of rotatable bonds is 5. The molecule has 2 nitrogen and oxygen atoms in total. The Balaban J connectivity index is 1.67. The Morgan fingerprint density at radius 3 is 2.88 bits per heavy atom. The van der Waals surface area contributed by atoms with Crippen LogP contribution in [0.3, 0.4) is 0 Å². The maximum atomic E-state index is 4.14. The number of nitrogens with one attached hydrogen (secondary N) is 1. The topological polar surface area (TPSA) is 24.9 Å². The predicted molar refractivity (Wildman–Crippen MR) is 72.0 cm³/mol. The van der Waals surface area contributed by atoms with E-state index in [1.54, 1.807) is 0 Å². The molecule has 0 bridgehead atoms. The van der Waals surface area contributed by atoms with Crippen LogP contribution in [0.25, 0.3) is 0 Å². The molecule has 1 N–H and O–H groups in total. The van der Waals surface area contributed by atoms with E-state index in [1.807, 2.05) is 18.5 Å². The summed E-state index contributed by atoms with van der Waals surface area (Å²) in [5.41, 5.74) is 1.33. The summed E-state index contributed by atoms with van der Waals surface area (Å²) < 4.78 is 0. The number of nitrogens with zero attached hydrogens (tertiary/aromatic N) is 1. The van der Waals surface area contributed by atoms with Crippen LogP contribution in [0.4, 0.5) is 0 Å². The second-order valence-corrected chi connectivity index (χ2v) is 5.25. The summed E-state index contributed by atoms with van der Waals surface area (Å²) in [7, 11) is 0. The van der Waals surface area contributed by atoms with Crippen molar-refractivity contribution in [2.24, 2.45) is 5.92 Å². The van der Waals surface area contributed by atoms with Crippen LogP contribution in [0, 0.1) is 5.92 Å². The van der Waals surface area contributed by atoms with Gasteiger partial charge in [0.1, 0.15) is 0 Å². The van der Waals surface area contributed by atoms with Gasteiger partial charge < -0.3 is 5.32 Å². The van der Waals surface area contributed by atoms with Gasteiger partial charge in [0.2, 0.25) is 0 Å². The third-order valence-electron chi connectivity index (χ3n) is 3.96. The average molecular weight is 232 g/mol. The molecule has 0 aromatic carbocycles. The lowest BCUT2D eigenvalue weighted by atomic mass is 9.84. The standard InChI is InChI=1S/C15H24N2/c1-13(15-7-3-2-4-8-15)17-11-9-14-6-5-10-16-12-14/h5-6,10,12-13,15,17H,2-4,7-9,11H2,1H3. The summed E-state index contributed by atoms with van der Waals surface area (Å²) >= 11 is 0. The lowest BCUT2D eigenvalue weighted by Crippen LogP contribution is -2.35. The largest absolute Gasteiger partial charge is 0.314 e. The van der Waals surface area contributed by atoms with Gasteiger partial charge >= 0.3 is 0 Å². The van der Waals surface area contributed by atoms with E-state index >= 15 is 0 Å². The summed E-state index contributed by atoms with van der Waals surface area (Å²) in [4.78, 5) is 4.14. The van der Waals surface area contributed by atoms with Crippen LogP contribution in [-0.2, 0) is 6.42 Å². The van der Waals surface area contributed by atoms with Crippen molar-refractivity contribution in [1.29, 1.82) is 0 Å². The molecule has 1 aromatic rings. The minimum absolute atomic E-state index is 0.673. The fraction of sp³-hybridized carbons (Fsp3) is 0.667. The normalized spacial score (nSPS) is 19.1. The first-order valence-electron chi connectivity index (χ1n) is 6.98. The third kappa shape index (κ3) is 4.12. The van der Waals surface area contributed by atoms with Crippen LogP contribution in [0.2, 0.25) is 0 Å². The molecule has 1 saturated carbocycles. The summed E-state index contributed by atoms with van der Waals surface area (Å²) in [6.45, 7) is 3.42. The monoisotopic (exact) mass is 232 g/mol. The summed E-state index contributed by atoms with van der Waals surface area (Å²) in [6, 6.07) is 4.84. The lowest BCUT2D eigenvalue weighted by Gasteiger charge is -2.28. The minimum Gasteiger partial charge on any atom is -0.314 e. The summed E-state index contributed by atoms with van der Waals surface area (Å²) in [6.07, 6.45) is 12.0. The van der Waals surface area contributed by atoms with E-state index in [1.165, 1.54) is 37.7 Å². The van der Waals surface area contributed by atoms with Crippen molar-refractivity contribution >= 4 is 0 Å². The van der Waals surface area contributed by atoms with E-state index < -0.39 is 0 Å². The van der Waals surface area contributed by atoms with Crippen molar-refractivity contribution in [2.45, 2.75) is 51.5 Å². The molecule has 94 valence electrons. The fourth-order valence-corrected chi connectivity index (χ4v) is 2.79. The maximum absolute atomic E-state index is 4.14. The first-order chi connectivity index (χ1) is 8.36. The van der Waals surface area contributed by atoms with Gasteiger partial charge in [0.05, 0.1) is 0 Å². The Morgan fingerprint density at radius 2 is 2.18 bits per heavy atom. The molecule has 0 aliphatic heterocycles. The molecule has 2 heteroatoms. The molecule has 1 fully saturated rings. The molecule has 0 saturated heterocycles. The SMILES string of the molecule is CC(NCCc1cccnc1)C1CCCCC1. The molecule has 1 unspecified atom stereocenters. The number of pyridine rings is 1. The van der Waals surface area contributed by atoms with Crippen LogP contribution in [0.1, 0.15) is 44.6 Å². The highest BCUT2D eigenvalue weighted by Crippen LogP contribution is 2.26. The third-order valence-corrected chi connectivity index (χ3v) is 3.96. The first kappa shape index (κ1) is 12.6. The van der Waals surface area contributed by atoms with E-state index in [-0.39, 0.29) is 0 Å². The van der Waals surface area contributed by atoms with Gasteiger partial charge in [0, 0.05) is 18.4 Å². The van der Waals surface area contributed by atoms with Gasteiger partial charge in [-0.05, 0) is 50.3 Å². The van der Waals surface area contributed by atoms with Crippen LogP contribution >= 0.6 is 0 Å². The van der Waals surface area contributed by atoms with Crippen molar-refractivity contribution in [3.8, 4) is 0 Å². The quantitative estimate of drug-likeness (QED) is 0.843. The second kappa shape index (κ2) is 6.75. The van der Waals surface area contributed by atoms with E-state index in [9.17, 15) is 0 Å². The lowest BCUT2D eigenvalue weighted by molar-refractivity contribution is 0.283. The van der Waals surface area contributed by atoms with E-state index in [0.29, 0.717) is 6.04 Å². The minimum atomic E-state index is 0.673. The molecule has 1 heterocycles. The Bertz CT molecular complexity index is 304. The van der Waals surface area contributed by atoms with Crippen molar-refractivity contribution in [1.82, 2.24) is 10.3 Å². The number of hydrogen-bond acceptors (Lipinski definition) is 2. The van der Waals surface area contributed by atoms with Gasteiger partial charge in [-0.3, -0.25) is 4.98 Å². The smallest absolute Gasteiger partial charge is 0.0300 e. The van der Waals surface area contributed by atoms with E-state index in [4.69, 9.17) is 0 Å². The van der Waals surface area contributed by atoms with Gasteiger partial charge in [-0.2, -0.15) is 0 Å². The Hall–Kier alpha value is -0.890. The van der Waals surface area contributed by atoms with Crippen molar-refractivity contribution in [3.63, 3.8) is 0 Å². The van der Waals surface area contributed by atoms with Gasteiger partial charge in [-0.15, -0.1) is 0 Å². The molecular formula is C15H24N2. The highest BCUT2D eigenvalue weighted by molar-refractivity contribution is 5.08. The van der Waals surface area contributed by atoms with Crippen LogP contribution < -0.4 is 5.32 Å². The Morgan fingerprint density at radius 1 is 1.35 bits per heavy atom. The summed E-state index contributed by atoms with van der Waals surface area (Å²) in [5.74, 6) is 0.901. The fourth-order valence-electron chi connectivity index (χ4n) is 2.79. The van der Waals surface area contributed by atoms with Crippen LogP contribution in [0.15, 0.2) is 24.5 Å². The maximum Gasteiger partial charge on any atom is 0.0300 e. The molecule has 0 spiro atoms. The Kier molecular flexibility index (Phi) is 4.99. The zero-order valence-electron chi connectivity index (χ0n) is 10.9. The zero-order chi connectivity index (χ0) is 11.9. The predicted octanol–water partition coefficient (Wildman–Crippen LogP) is 3.18. The molecule has 0 radical (unpaired) electrons. The van der Waals surface area contributed by atoms with Gasteiger partial charge in [0.15, 0.2) is 0 Å². The van der Waals surface area contributed by atoms with E-state index in [2.05, 4.69) is 23.3 Å². The number of aromatic nitrogens is 1. The highest BCUT2D eigenvalue weighted by atomic mass is 14.9. The molecule has 17 heavy (non-hydrogen) atoms. The van der Waals surface area contributed by atoms with Crippen LogP contribution in [0.5, 0.6) is 0 Å². The average Bonchev–Trinajstić information content (AvgIpc) is 2.41. The van der Waals surface area contributed by atoms with Crippen molar-refractivity contribution in [2.75, 3.05) is 6.54 Å². The van der Waals surface area contributed by atoms with Crippen molar-refractivity contribution in [3.05, 3.63) is 30.1 Å². The zero-order valence-corrected chi connectivity index (χ0v) is 10.9. The molecular weight excluding hydrogens is 208 g/mol. The van der Waals surface area contributed by atoms with Gasteiger partial charge in [0.25, 0.3) is 0 Å².